The monoisotopic (exact) mass is 261 g/mol. The van der Waals surface area contributed by atoms with E-state index in [0.717, 1.165) is 24.6 Å². The van der Waals surface area contributed by atoms with Gasteiger partial charge in [-0.15, -0.1) is 0 Å². The molecule has 0 saturated carbocycles. The van der Waals surface area contributed by atoms with Crippen LogP contribution in [0.2, 0.25) is 0 Å². The summed E-state index contributed by atoms with van der Waals surface area (Å²) in [6.45, 7) is 4.53. The van der Waals surface area contributed by atoms with Gasteiger partial charge in [-0.05, 0) is 49.4 Å². The molecule has 0 aromatic heterocycles. The molecule has 1 aliphatic heterocycles. The minimum Gasteiger partial charge on any atom is -0.409 e. The van der Waals surface area contributed by atoms with Crippen LogP contribution in [-0.2, 0) is 0 Å². The Bertz CT molecular complexity index is 428. The zero-order chi connectivity index (χ0) is 13.7. The fraction of sp³-hybridized carbons (Fsp3) is 0.533. The lowest BCUT2D eigenvalue weighted by molar-refractivity contribution is 0.318. The largest absolute Gasteiger partial charge is 0.409 e. The van der Waals surface area contributed by atoms with Crippen molar-refractivity contribution >= 4 is 11.5 Å². The normalized spacial score (nSPS) is 21.2. The Morgan fingerprint density at radius 3 is 2.68 bits per heavy atom. The first-order valence-electron chi connectivity index (χ1n) is 7.07. The molecule has 2 rings (SSSR count). The lowest BCUT2D eigenvalue weighted by atomic mass is 9.98. The highest BCUT2D eigenvalue weighted by Gasteiger charge is 2.15. The van der Waals surface area contributed by atoms with E-state index < -0.39 is 0 Å². The first-order chi connectivity index (χ1) is 9.24. The molecule has 4 nitrogen and oxygen atoms in total. The van der Waals surface area contributed by atoms with Crippen LogP contribution in [0.15, 0.2) is 29.4 Å². The molecule has 0 radical (unpaired) electrons. The summed E-state index contributed by atoms with van der Waals surface area (Å²) in [6.07, 6.45) is 5.17. The Morgan fingerprint density at radius 2 is 2.05 bits per heavy atom. The summed E-state index contributed by atoms with van der Waals surface area (Å²) in [5.74, 6) is 1.04. The SMILES string of the molecule is CCC1CCCN(c2ccc(C(N)=NO)cc2)CC1. The van der Waals surface area contributed by atoms with Crippen molar-refractivity contribution in [1.82, 2.24) is 0 Å². The third-order valence-electron chi connectivity index (χ3n) is 4.06. The molecule has 0 bridgehead atoms. The number of anilines is 1. The number of hydrogen-bond donors (Lipinski definition) is 2. The van der Waals surface area contributed by atoms with E-state index in [1.54, 1.807) is 0 Å². The molecule has 0 spiro atoms. The molecular formula is C15H23N3O. The van der Waals surface area contributed by atoms with Crippen molar-refractivity contribution < 1.29 is 5.21 Å². The van der Waals surface area contributed by atoms with E-state index in [1.165, 1.54) is 31.4 Å². The zero-order valence-electron chi connectivity index (χ0n) is 11.5. The number of oxime groups is 1. The molecule has 1 fully saturated rings. The van der Waals surface area contributed by atoms with Crippen LogP contribution in [0, 0.1) is 5.92 Å². The second-order valence-corrected chi connectivity index (χ2v) is 5.22. The molecule has 3 N–H and O–H groups in total. The van der Waals surface area contributed by atoms with Gasteiger partial charge in [0.2, 0.25) is 0 Å². The first-order valence-corrected chi connectivity index (χ1v) is 7.07. The van der Waals surface area contributed by atoms with Gasteiger partial charge in [0, 0.05) is 24.3 Å². The summed E-state index contributed by atoms with van der Waals surface area (Å²) >= 11 is 0. The minimum atomic E-state index is 0.161. The zero-order valence-corrected chi connectivity index (χ0v) is 11.5. The molecule has 1 aromatic carbocycles. The Balaban J connectivity index is 2.05. The van der Waals surface area contributed by atoms with E-state index in [1.807, 2.05) is 12.1 Å². The smallest absolute Gasteiger partial charge is 0.170 e. The average molecular weight is 261 g/mol. The second-order valence-electron chi connectivity index (χ2n) is 5.22. The molecule has 1 unspecified atom stereocenters. The Kier molecular flexibility index (Phi) is 4.66. The highest BCUT2D eigenvalue weighted by Crippen LogP contribution is 2.24. The number of hydrogen-bond acceptors (Lipinski definition) is 3. The lowest BCUT2D eigenvalue weighted by Gasteiger charge is -2.23. The number of benzene rings is 1. The predicted octanol–water partition coefficient (Wildman–Crippen LogP) is 2.80. The number of rotatable bonds is 3. The van der Waals surface area contributed by atoms with Crippen molar-refractivity contribution in [2.75, 3.05) is 18.0 Å². The van der Waals surface area contributed by atoms with Crippen molar-refractivity contribution in [2.45, 2.75) is 32.6 Å². The molecule has 104 valence electrons. The molecule has 19 heavy (non-hydrogen) atoms. The third-order valence-corrected chi connectivity index (χ3v) is 4.06. The van der Waals surface area contributed by atoms with Crippen molar-refractivity contribution in [3.05, 3.63) is 29.8 Å². The molecular weight excluding hydrogens is 238 g/mol. The van der Waals surface area contributed by atoms with E-state index in [2.05, 4.69) is 29.1 Å². The van der Waals surface area contributed by atoms with Crippen LogP contribution in [0.25, 0.3) is 0 Å². The first kappa shape index (κ1) is 13.7. The van der Waals surface area contributed by atoms with Crippen LogP contribution in [0.1, 0.15) is 38.2 Å². The predicted molar refractivity (Wildman–Crippen MR) is 78.8 cm³/mol. The lowest BCUT2D eigenvalue weighted by Crippen LogP contribution is -2.24. The van der Waals surface area contributed by atoms with Crippen LogP contribution < -0.4 is 10.6 Å². The maximum Gasteiger partial charge on any atom is 0.170 e. The Morgan fingerprint density at radius 1 is 1.32 bits per heavy atom. The quantitative estimate of drug-likeness (QED) is 0.380. The van der Waals surface area contributed by atoms with Crippen molar-refractivity contribution in [3.63, 3.8) is 0 Å². The van der Waals surface area contributed by atoms with Gasteiger partial charge in [0.25, 0.3) is 0 Å². The fourth-order valence-corrected chi connectivity index (χ4v) is 2.73. The van der Waals surface area contributed by atoms with Gasteiger partial charge in [0.1, 0.15) is 0 Å². The second kappa shape index (κ2) is 6.45. The van der Waals surface area contributed by atoms with Crippen molar-refractivity contribution in [3.8, 4) is 0 Å². The number of nitrogens with two attached hydrogens (primary N) is 1. The van der Waals surface area contributed by atoms with Gasteiger partial charge < -0.3 is 15.8 Å². The van der Waals surface area contributed by atoms with Gasteiger partial charge >= 0.3 is 0 Å². The van der Waals surface area contributed by atoms with E-state index in [-0.39, 0.29) is 5.84 Å². The maximum atomic E-state index is 8.65. The molecule has 1 aromatic rings. The van der Waals surface area contributed by atoms with Gasteiger partial charge in [-0.2, -0.15) is 0 Å². The van der Waals surface area contributed by atoms with Crippen LogP contribution in [0.5, 0.6) is 0 Å². The molecule has 0 amide bonds. The summed E-state index contributed by atoms with van der Waals surface area (Å²) in [5.41, 5.74) is 7.56. The molecule has 1 heterocycles. The molecule has 1 saturated heterocycles. The molecule has 1 aliphatic rings. The van der Waals surface area contributed by atoms with Crippen LogP contribution >= 0.6 is 0 Å². The fourth-order valence-electron chi connectivity index (χ4n) is 2.73. The number of amidine groups is 1. The minimum absolute atomic E-state index is 0.161. The van der Waals surface area contributed by atoms with E-state index >= 15 is 0 Å². The molecule has 1 atom stereocenters. The summed E-state index contributed by atoms with van der Waals surface area (Å²) in [5, 5.41) is 11.7. The summed E-state index contributed by atoms with van der Waals surface area (Å²) in [6, 6.07) is 7.93. The maximum absolute atomic E-state index is 8.65. The van der Waals surface area contributed by atoms with Gasteiger partial charge in [-0.25, -0.2) is 0 Å². The van der Waals surface area contributed by atoms with Gasteiger partial charge in [0.05, 0.1) is 0 Å². The number of nitrogens with zero attached hydrogens (tertiary/aromatic N) is 2. The van der Waals surface area contributed by atoms with Crippen LogP contribution in [0.3, 0.4) is 0 Å². The van der Waals surface area contributed by atoms with E-state index in [0.29, 0.717) is 0 Å². The summed E-state index contributed by atoms with van der Waals surface area (Å²) in [7, 11) is 0. The molecule has 4 heteroatoms. The van der Waals surface area contributed by atoms with Crippen LogP contribution in [0.4, 0.5) is 5.69 Å². The third kappa shape index (κ3) is 3.40. The van der Waals surface area contributed by atoms with Gasteiger partial charge in [0.15, 0.2) is 5.84 Å². The van der Waals surface area contributed by atoms with Crippen molar-refractivity contribution in [2.24, 2.45) is 16.8 Å². The Labute approximate surface area is 114 Å². The van der Waals surface area contributed by atoms with E-state index in [4.69, 9.17) is 10.9 Å². The van der Waals surface area contributed by atoms with Gasteiger partial charge in [-0.1, -0.05) is 18.5 Å². The summed E-state index contributed by atoms with van der Waals surface area (Å²) in [4.78, 5) is 2.44. The standard InChI is InChI=1S/C15H23N3O/c1-2-12-4-3-10-18(11-9-12)14-7-5-13(6-8-14)15(16)17-19/h5-8,12,19H,2-4,9-11H2,1H3,(H2,16,17). The van der Waals surface area contributed by atoms with Gasteiger partial charge in [-0.3, -0.25) is 0 Å². The average Bonchev–Trinajstić information content (AvgIpc) is 2.72. The topological polar surface area (TPSA) is 61.8 Å². The highest BCUT2D eigenvalue weighted by molar-refractivity contribution is 5.97. The summed E-state index contributed by atoms with van der Waals surface area (Å²) < 4.78 is 0. The Hall–Kier alpha value is -1.71. The molecule has 0 aliphatic carbocycles. The highest BCUT2D eigenvalue weighted by atomic mass is 16.4. The van der Waals surface area contributed by atoms with Crippen LogP contribution in [-0.4, -0.2) is 24.1 Å². The van der Waals surface area contributed by atoms with Crippen molar-refractivity contribution in [1.29, 1.82) is 0 Å². The van der Waals surface area contributed by atoms with E-state index in [9.17, 15) is 0 Å².